The molecule has 15 heavy (non-hydrogen) atoms. The van der Waals surface area contributed by atoms with Gasteiger partial charge in [-0.15, -0.1) is 0 Å². The van der Waals surface area contributed by atoms with E-state index in [1.807, 2.05) is 12.1 Å². The molecular formula is C10H15ClN4. The molecule has 0 saturated carbocycles. The molecule has 0 bridgehead atoms. The molecule has 0 atom stereocenters. The Balaban J connectivity index is 2.15. The van der Waals surface area contributed by atoms with Crippen LogP contribution in [0.5, 0.6) is 0 Å². The lowest BCUT2D eigenvalue weighted by Gasteiger charge is -2.34. The molecule has 82 valence electrons. The van der Waals surface area contributed by atoms with Crippen LogP contribution in [-0.4, -0.2) is 43.1 Å². The number of anilines is 2. The molecule has 2 N–H and O–H groups in total. The van der Waals surface area contributed by atoms with Gasteiger partial charge >= 0.3 is 0 Å². The number of pyridine rings is 1. The topological polar surface area (TPSA) is 45.4 Å². The molecule has 0 aromatic carbocycles. The number of aromatic nitrogens is 1. The Labute approximate surface area is 94.6 Å². The van der Waals surface area contributed by atoms with E-state index >= 15 is 0 Å². The average Bonchev–Trinajstić information content (AvgIpc) is 2.17. The van der Waals surface area contributed by atoms with Gasteiger partial charge in [-0.1, -0.05) is 11.6 Å². The molecule has 1 aromatic rings. The quantitative estimate of drug-likeness (QED) is 0.728. The third-order valence-electron chi connectivity index (χ3n) is 2.67. The Hall–Kier alpha value is -1.00. The number of nitrogens with two attached hydrogens (primary N) is 1. The Kier molecular flexibility index (Phi) is 2.98. The number of likely N-dealkylation sites (N-methyl/N-ethyl adjacent to an activating group) is 1. The SMILES string of the molecule is CN1CCN(c2cc(N)nc(Cl)c2)CC1. The highest BCUT2D eigenvalue weighted by atomic mass is 35.5. The zero-order valence-electron chi connectivity index (χ0n) is 8.78. The van der Waals surface area contributed by atoms with E-state index < -0.39 is 0 Å². The summed E-state index contributed by atoms with van der Waals surface area (Å²) in [5.41, 5.74) is 6.73. The molecule has 1 aliphatic rings. The number of hydrogen-bond donors (Lipinski definition) is 1. The molecule has 2 rings (SSSR count). The first-order chi connectivity index (χ1) is 7.15. The van der Waals surface area contributed by atoms with Crippen molar-refractivity contribution in [1.29, 1.82) is 0 Å². The molecular weight excluding hydrogens is 212 g/mol. The number of nitrogens with zero attached hydrogens (tertiary/aromatic N) is 3. The minimum atomic E-state index is 0.462. The second-order valence-corrected chi connectivity index (χ2v) is 4.25. The highest BCUT2D eigenvalue weighted by Gasteiger charge is 2.14. The summed E-state index contributed by atoms with van der Waals surface area (Å²) < 4.78 is 0. The summed E-state index contributed by atoms with van der Waals surface area (Å²) in [6.45, 7) is 4.16. The summed E-state index contributed by atoms with van der Waals surface area (Å²) in [5.74, 6) is 0.483. The van der Waals surface area contributed by atoms with Gasteiger partial charge in [0.15, 0.2) is 0 Å². The fraction of sp³-hybridized carbons (Fsp3) is 0.500. The minimum Gasteiger partial charge on any atom is -0.384 e. The molecule has 0 amide bonds. The summed E-state index contributed by atoms with van der Waals surface area (Å²) in [4.78, 5) is 8.54. The number of piperazine rings is 1. The van der Waals surface area contributed by atoms with Gasteiger partial charge in [0.25, 0.3) is 0 Å². The third-order valence-corrected chi connectivity index (χ3v) is 2.86. The summed E-state index contributed by atoms with van der Waals surface area (Å²) in [6.07, 6.45) is 0. The van der Waals surface area contributed by atoms with E-state index in [-0.39, 0.29) is 0 Å². The fourth-order valence-electron chi connectivity index (χ4n) is 1.75. The lowest BCUT2D eigenvalue weighted by atomic mass is 10.3. The Morgan fingerprint density at radius 1 is 1.27 bits per heavy atom. The Bertz CT molecular complexity index is 327. The zero-order chi connectivity index (χ0) is 10.8. The van der Waals surface area contributed by atoms with Crippen LogP contribution in [0.25, 0.3) is 0 Å². The maximum absolute atomic E-state index is 5.87. The van der Waals surface area contributed by atoms with E-state index in [4.69, 9.17) is 17.3 Å². The zero-order valence-corrected chi connectivity index (χ0v) is 9.54. The number of rotatable bonds is 1. The van der Waals surface area contributed by atoms with Crippen molar-refractivity contribution in [3.63, 3.8) is 0 Å². The van der Waals surface area contributed by atoms with Crippen molar-refractivity contribution in [3.05, 3.63) is 17.3 Å². The fourth-order valence-corrected chi connectivity index (χ4v) is 1.96. The van der Waals surface area contributed by atoms with Crippen molar-refractivity contribution in [3.8, 4) is 0 Å². The predicted molar refractivity (Wildman–Crippen MR) is 63.4 cm³/mol. The normalized spacial score (nSPS) is 18.1. The minimum absolute atomic E-state index is 0.462. The standard InChI is InChI=1S/C10H15ClN4/c1-14-2-4-15(5-3-14)8-6-9(11)13-10(12)7-8/h6-7H,2-5H2,1H3,(H2,12,13). The van der Waals surface area contributed by atoms with Crippen molar-refractivity contribution >= 4 is 23.1 Å². The van der Waals surface area contributed by atoms with Gasteiger partial charge in [0.05, 0.1) is 0 Å². The van der Waals surface area contributed by atoms with Gasteiger partial charge in [0.2, 0.25) is 0 Å². The van der Waals surface area contributed by atoms with E-state index in [1.54, 1.807) is 0 Å². The van der Waals surface area contributed by atoms with E-state index in [0.717, 1.165) is 31.9 Å². The van der Waals surface area contributed by atoms with Crippen LogP contribution in [0.1, 0.15) is 0 Å². The molecule has 0 unspecified atom stereocenters. The summed E-state index contributed by atoms with van der Waals surface area (Å²) in [5, 5.41) is 0.462. The maximum atomic E-state index is 5.87. The highest BCUT2D eigenvalue weighted by molar-refractivity contribution is 6.29. The molecule has 0 spiro atoms. The predicted octanol–water partition coefficient (Wildman–Crippen LogP) is 1.07. The van der Waals surface area contributed by atoms with Crippen LogP contribution in [0.3, 0.4) is 0 Å². The second kappa shape index (κ2) is 4.24. The number of nitrogen functional groups attached to an aromatic ring is 1. The van der Waals surface area contributed by atoms with Crippen LogP contribution < -0.4 is 10.6 Å². The van der Waals surface area contributed by atoms with Crippen LogP contribution in [-0.2, 0) is 0 Å². The summed E-state index contributed by atoms with van der Waals surface area (Å²) in [7, 11) is 2.13. The van der Waals surface area contributed by atoms with Crippen molar-refractivity contribution in [1.82, 2.24) is 9.88 Å². The molecule has 2 heterocycles. The smallest absolute Gasteiger partial charge is 0.133 e. The van der Waals surface area contributed by atoms with Crippen LogP contribution >= 0.6 is 11.6 Å². The van der Waals surface area contributed by atoms with Crippen molar-refractivity contribution in [2.45, 2.75) is 0 Å². The number of hydrogen-bond acceptors (Lipinski definition) is 4. The largest absolute Gasteiger partial charge is 0.384 e. The summed E-state index contributed by atoms with van der Waals surface area (Å²) >= 11 is 5.87. The van der Waals surface area contributed by atoms with Gasteiger partial charge < -0.3 is 15.5 Å². The average molecular weight is 227 g/mol. The first-order valence-electron chi connectivity index (χ1n) is 5.02. The number of halogens is 1. The molecule has 0 aliphatic carbocycles. The van der Waals surface area contributed by atoms with E-state index in [1.165, 1.54) is 0 Å². The first kappa shape index (κ1) is 10.5. The van der Waals surface area contributed by atoms with Gasteiger partial charge in [0.1, 0.15) is 11.0 Å². The highest BCUT2D eigenvalue weighted by Crippen LogP contribution is 2.21. The lowest BCUT2D eigenvalue weighted by Crippen LogP contribution is -2.44. The van der Waals surface area contributed by atoms with Crippen LogP contribution in [0, 0.1) is 0 Å². The summed E-state index contributed by atoms with van der Waals surface area (Å²) in [6, 6.07) is 3.74. The van der Waals surface area contributed by atoms with Crippen molar-refractivity contribution in [2.24, 2.45) is 0 Å². The molecule has 1 saturated heterocycles. The van der Waals surface area contributed by atoms with E-state index in [2.05, 4.69) is 21.8 Å². The molecule has 4 nitrogen and oxygen atoms in total. The second-order valence-electron chi connectivity index (χ2n) is 3.86. The Morgan fingerprint density at radius 3 is 2.53 bits per heavy atom. The van der Waals surface area contributed by atoms with Crippen LogP contribution in [0.2, 0.25) is 5.15 Å². The third kappa shape index (κ3) is 2.52. The van der Waals surface area contributed by atoms with Crippen LogP contribution in [0.15, 0.2) is 12.1 Å². The van der Waals surface area contributed by atoms with E-state index in [9.17, 15) is 0 Å². The van der Waals surface area contributed by atoms with E-state index in [0.29, 0.717) is 11.0 Å². The molecule has 1 aliphatic heterocycles. The first-order valence-corrected chi connectivity index (χ1v) is 5.39. The molecule has 5 heteroatoms. The van der Waals surface area contributed by atoms with Gasteiger partial charge in [-0.25, -0.2) is 4.98 Å². The van der Waals surface area contributed by atoms with Gasteiger partial charge in [-0.3, -0.25) is 0 Å². The van der Waals surface area contributed by atoms with Gasteiger partial charge in [0, 0.05) is 37.9 Å². The van der Waals surface area contributed by atoms with Crippen molar-refractivity contribution < 1.29 is 0 Å². The van der Waals surface area contributed by atoms with Gasteiger partial charge in [-0.2, -0.15) is 0 Å². The molecule has 0 radical (unpaired) electrons. The molecule has 1 fully saturated rings. The monoisotopic (exact) mass is 226 g/mol. The van der Waals surface area contributed by atoms with Crippen molar-refractivity contribution in [2.75, 3.05) is 43.9 Å². The van der Waals surface area contributed by atoms with Crippen LogP contribution in [0.4, 0.5) is 11.5 Å². The Morgan fingerprint density at radius 2 is 1.93 bits per heavy atom. The molecule has 1 aromatic heterocycles. The maximum Gasteiger partial charge on any atom is 0.133 e. The lowest BCUT2D eigenvalue weighted by molar-refractivity contribution is 0.313. The van der Waals surface area contributed by atoms with Gasteiger partial charge in [-0.05, 0) is 13.1 Å².